The lowest BCUT2D eigenvalue weighted by atomic mass is 10.1. The molecular formula is C12H14O5. The molecule has 0 aliphatic heterocycles. The van der Waals surface area contributed by atoms with E-state index in [4.69, 9.17) is 14.6 Å². The molecule has 0 spiro atoms. The third kappa shape index (κ3) is 3.21. The van der Waals surface area contributed by atoms with Gasteiger partial charge in [0, 0.05) is 6.07 Å². The summed E-state index contributed by atoms with van der Waals surface area (Å²) in [5.74, 6) is -0.572. The van der Waals surface area contributed by atoms with E-state index in [1.165, 1.54) is 27.0 Å². The molecule has 5 heteroatoms. The summed E-state index contributed by atoms with van der Waals surface area (Å²) in [4.78, 5) is 22.0. The van der Waals surface area contributed by atoms with Crippen LogP contribution in [0.25, 0.3) is 0 Å². The zero-order chi connectivity index (χ0) is 13.0. The van der Waals surface area contributed by atoms with Crippen molar-refractivity contribution in [3.63, 3.8) is 0 Å². The molecule has 1 unspecified atom stereocenters. The number of carbonyl (C=O) groups is 2. The number of aliphatic carboxylic acids is 1. The van der Waals surface area contributed by atoms with Crippen LogP contribution in [-0.4, -0.2) is 30.1 Å². The van der Waals surface area contributed by atoms with E-state index in [1.54, 1.807) is 12.1 Å². The fourth-order valence-corrected chi connectivity index (χ4v) is 1.26. The molecular weight excluding hydrogens is 224 g/mol. The topological polar surface area (TPSA) is 72.8 Å². The second kappa shape index (κ2) is 5.34. The third-order valence-electron chi connectivity index (χ3n) is 2.22. The highest BCUT2D eigenvalue weighted by molar-refractivity contribution is 5.97. The van der Waals surface area contributed by atoms with E-state index in [0.717, 1.165) is 0 Å². The summed E-state index contributed by atoms with van der Waals surface area (Å²) < 4.78 is 10.2. The quantitative estimate of drug-likeness (QED) is 0.791. The molecule has 92 valence electrons. The predicted octanol–water partition coefficient (Wildman–Crippen LogP) is 1.75. The Labute approximate surface area is 99.0 Å². The molecule has 0 radical (unpaired) electrons. The van der Waals surface area contributed by atoms with Gasteiger partial charge in [0.25, 0.3) is 0 Å². The van der Waals surface area contributed by atoms with Crippen molar-refractivity contribution in [3.05, 3.63) is 23.8 Å². The Bertz CT molecular complexity index is 439. The number of ether oxygens (including phenoxy) is 2. The van der Waals surface area contributed by atoms with Crippen molar-refractivity contribution in [2.45, 2.75) is 20.0 Å². The van der Waals surface area contributed by atoms with Crippen LogP contribution in [0, 0.1) is 0 Å². The fraction of sp³-hybridized carbons (Fsp3) is 0.333. The largest absolute Gasteiger partial charge is 0.497 e. The molecule has 0 aromatic heterocycles. The lowest BCUT2D eigenvalue weighted by Gasteiger charge is -2.14. The number of methoxy groups -OCH3 is 1. The van der Waals surface area contributed by atoms with Crippen molar-refractivity contribution in [3.8, 4) is 11.5 Å². The molecule has 1 atom stereocenters. The van der Waals surface area contributed by atoms with Gasteiger partial charge in [-0.15, -0.1) is 0 Å². The van der Waals surface area contributed by atoms with Crippen LogP contribution in [-0.2, 0) is 4.79 Å². The van der Waals surface area contributed by atoms with E-state index >= 15 is 0 Å². The summed E-state index contributed by atoms with van der Waals surface area (Å²) in [5, 5.41) is 8.76. The van der Waals surface area contributed by atoms with Gasteiger partial charge in [0.15, 0.2) is 11.9 Å². The highest BCUT2D eigenvalue weighted by Gasteiger charge is 2.17. The molecule has 1 aromatic rings. The number of rotatable bonds is 5. The van der Waals surface area contributed by atoms with Crippen LogP contribution in [0.15, 0.2) is 18.2 Å². The van der Waals surface area contributed by atoms with E-state index in [0.29, 0.717) is 11.3 Å². The van der Waals surface area contributed by atoms with Gasteiger partial charge in [-0.05, 0) is 26.0 Å². The number of hydrogen-bond acceptors (Lipinski definition) is 4. The van der Waals surface area contributed by atoms with Gasteiger partial charge in [-0.3, -0.25) is 4.79 Å². The lowest BCUT2D eigenvalue weighted by Crippen LogP contribution is -2.23. The Morgan fingerprint density at radius 3 is 2.47 bits per heavy atom. The number of carboxylic acid groups (broad SMARTS) is 1. The van der Waals surface area contributed by atoms with E-state index in [1.807, 2.05) is 0 Å². The molecule has 5 nitrogen and oxygen atoms in total. The number of benzene rings is 1. The Morgan fingerprint density at radius 2 is 2.00 bits per heavy atom. The van der Waals surface area contributed by atoms with Crippen LogP contribution < -0.4 is 9.47 Å². The van der Waals surface area contributed by atoms with Crippen molar-refractivity contribution in [1.29, 1.82) is 0 Å². The number of ketones is 1. The summed E-state index contributed by atoms with van der Waals surface area (Å²) >= 11 is 0. The molecule has 17 heavy (non-hydrogen) atoms. The van der Waals surface area contributed by atoms with Crippen molar-refractivity contribution < 1.29 is 24.2 Å². The van der Waals surface area contributed by atoms with Crippen LogP contribution in [0.2, 0.25) is 0 Å². The second-order valence-electron chi connectivity index (χ2n) is 3.52. The SMILES string of the molecule is COc1ccc(C(C)=O)c(OC(C)C(=O)O)c1. The Hall–Kier alpha value is -2.04. The normalized spacial score (nSPS) is 11.7. The predicted molar refractivity (Wildman–Crippen MR) is 60.7 cm³/mol. The smallest absolute Gasteiger partial charge is 0.344 e. The van der Waals surface area contributed by atoms with Crippen LogP contribution in [0.1, 0.15) is 24.2 Å². The zero-order valence-electron chi connectivity index (χ0n) is 9.89. The van der Waals surface area contributed by atoms with Gasteiger partial charge in [0.1, 0.15) is 11.5 Å². The third-order valence-corrected chi connectivity index (χ3v) is 2.22. The van der Waals surface area contributed by atoms with E-state index in [-0.39, 0.29) is 11.5 Å². The van der Waals surface area contributed by atoms with Gasteiger partial charge < -0.3 is 14.6 Å². The first-order valence-corrected chi connectivity index (χ1v) is 5.04. The molecule has 0 heterocycles. The molecule has 1 rings (SSSR count). The first-order chi connectivity index (χ1) is 7.95. The van der Waals surface area contributed by atoms with Gasteiger partial charge >= 0.3 is 5.97 Å². The van der Waals surface area contributed by atoms with E-state index in [9.17, 15) is 9.59 Å². The zero-order valence-corrected chi connectivity index (χ0v) is 9.89. The first kappa shape index (κ1) is 13.0. The molecule has 0 saturated heterocycles. The summed E-state index contributed by atoms with van der Waals surface area (Å²) in [6.07, 6.45) is -1.03. The van der Waals surface area contributed by atoms with Gasteiger partial charge in [-0.2, -0.15) is 0 Å². The number of carboxylic acids is 1. The number of Topliss-reactive ketones (excluding diaryl/α,β-unsaturated/α-hetero) is 1. The fourth-order valence-electron chi connectivity index (χ4n) is 1.26. The monoisotopic (exact) mass is 238 g/mol. The minimum absolute atomic E-state index is 0.194. The van der Waals surface area contributed by atoms with E-state index in [2.05, 4.69) is 0 Å². The molecule has 0 fully saturated rings. The minimum Gasteiger partial charge on any atom is -0.497 e. The van der Waals surface area contributed by atoms with Gasteiger partial charge in [0.05, 0.1) is 12.7 Å². The molecule has 0 aliphatic rings. The van der Waals surface area contributed by atoms with Crippen molar-refractivity contribution >= 4 is 11.8 Å². The highest BCUT2D eigenvalue weighted by atomic mass is 16.5. The maximum atomic E-state index is 11.3. The molecule has 0 amide bonds. The maximum Gasteiger partial charge on any atom is 0.344 e. The van der Waals surface area contributed by atoms with Gasteiger partial charge in [0.2, 0.25) is 0 Å². The Kier molecular flexibility index (Phi) is 4.09. The van der Waals surface area contributed by atoms with Crippen LogP contribution >= 0.6 is 0 Å². The Morgan fingerprint density at radius 1 is 1.35 bits per heavy atom. The molecule has 0 aliphatic carbocycles. The van der Waals surface area contributed by atoms with Crippen molar-refractivity contribution in [1.82, 2.24) is 0 Å². The lowest BCUT2D eigenvalue weighted by molar-refractivity contribution is -0.144. The van der Waals surface area contributed by atoms with Crippen molar-refractivity contribution in [2.24, 2.45) is 0 Å². The average Bonchev–Trinajstić information content (AvgIpc) is 2.28. The second-order valence-corrected chi connectivity index (χ2v) is 3.52. The molecule has 1 N–H and O–H groups in total. The summed E-state index contributed by atoms with van der Waals surface area (Å²) in [7, 11) is 1.48. The number of hydrogen-bond donors (Lipinski definition) is 1. The molecule has 0 bridgehead atoms. The first-order valence-electron chi connectivity index (χ1n) is 5.04. The van der Waals surface area contributed by atoms with Crippen molar-refractivity contribution in [2.75, 3.05) is 7.11 Å². The van der Waals surface area contributed by atoms with Crippen LogP contribution in [0.5, 0.6) is 11.5 Å². The summed E-state index contributed by atoms with van der Waals surface area (Å²) in [6.45, 7) is 2.78. The van der Waals surface area contributed by atoms with Gasteiger partial charge in [-0.25, -0.2) is 4.79 Å². The number of carbonyl (C=O) groups excluding carboxylic acids is 1. The summed E-state index contributed by atoms with van der Waals surface area (Å²) in [5.41, 5.74) is 0.332. The minimum atomic E-state index is -1.10. The van der Waals surface area contributed by atoms with Gasteiger partial charge in [-0.1, -0.05) is 0 Å². The summed E-state index contributed by atoms with van der Waals surface area (Å²) in [6, 6.07) is 4.66. The average molecular weight is 238 g/mol. The standard InChI is InChI=1S/C12H14O5/c1-7(13)10-5-4-9(16-3)6-11(10)17-8(2)12(14)15/h4-6,8H,1-3H3,(H,14,15). The highest BCUT2D eigenvalue weighted by Crippen LogP contribution is 2.26. The van der Waals surface area contributed by atoms with Crippen LogP contribution in [0.3, 0.4) is 0 Å². The Balaban J connectivity index is 3.09. The maximum absolute atomic E-state index is 11.3. The molecule has 0 saturated carbocycles. The van der Waals surface area contributed by atoms with E-state index < -0.39 is 12.1 Å². The molecule has 1 aromatic carbocycles. The van der Waals surface area contributed by atoms with Crippen LogP contribution in [0.4, 0.5) is 0 Å².